The van der Waals surface area contributed by atoms with Crippen molar-refractivity contribution in [1.82, 2.24) is 4.90 Å². The van der Waals surface area contributed by atoms with Crippen LogP contribution < -0.4 is 0 Å². The van der Waals surface area contributed by atoms with E-state index in [1.54, 1.807) is 12.1 Å². The molecule has 0 bridgehead atoms. The molecule has 5 heteroatoms. The van der Waals surface area contributed by atoms with Gasteiger partial charge in [-0.3, -0.25) is 0 Å². The summed E-state index contributed by atoms with van der Waals surface area (Å²) in [5.74, 6) is 0.363. The lowest BCUT2D eigenvalue weighted by atomic mass is 9.81. The minimum absolute atomic E-state index is 0.00628. The normalized spacial score (nSPS) is 20.2. The molecule has 25 heavy (non-hydrogen) atoms. The van der Waals surface area contributed by atoms with Crippen molar-refractivity contribution in [1.29, 1.82) is 0 Å². The number of aromatic hydroxyl groups is 2. The molecule has 0 unspecified atom stereocenters. The van der Waals surface area contributed by atoms with Crippen molar-refractivity contribution in [3.8, 4) is 11.5 Å². The van der Waals surface area contributed by atoms with Crippen LogP contribution in [0.5, 0.6) is 11.5 Å². The molecule has 1 fully saturated rings. The van der Waals surface area contributed by atoms with Crippen molar-refractivity contribution in [2.24, 2.45) is 0 Å². The quantitative estimate of drug-likeness (QED) is 0.774. The second-order valence-electron chi connectivity index (χ2n) is 6.64. The average molecular weight is 341 g/mol. The van der Waals surface area contributed by atoms with Crippen LogP contribution in [0.15, 0.2) is 48.5 Å². The van der Waals surface area contributed by atoms with Crippen LogP contribution >= 0.6 is 0 Å². The molecule has 5 nitrogen and oxygen atoms in total. The zero-order valence-corrected chi connectivity index (χ0v) is 14.0. The minimum atomic E-state index is -0.889. The number of rotatable bonds is 4. The Morgan fingerprint density at radius 3 is 2.28 bits per heavy atom. The molecular weight excluding hydrogens is 318 g/mol. The van der Waals surface area contributed by atoms with Crippen molar-refractivity contribution in [3.63, 3.8) is 0 Å². The molecule has 0 spiro atoms. The maximum Gasteiger partial charge on any atom is 0.407 e. The molecule has 1 saturated carbocycles. The molecule has 0 saturated heterocycles. The summed E-state index contributed by atoms with van der Waals surface area (Å²) >= 11 is 0. The molecule has 3 rings (SSSR count). The van der Waals surface area contributed by atoms with Gasteiger partial charge in [-0.1, -0.05) is 36.4 Å². The molecule has 0 aliphatic heterocycles. The maximum atomic E-state index is 11.7. The molecule has 3 N–H and O–H groups in total. The second kappa shape index (κ2) is 7.47. The minimum Gasteiger partial charge on any atom is -0.508 e. The van der Waals surface area contributed by atoms with Crippen LogP contribution in [0.25, 0.3) is 0 Å². The highest BCUT2D eigenvalue weighted by Gasteiger charge is 2.30. The van der Waals surface area contributed by atoms with Crippen LogP contribution in [0.3, 0.4) is 0 Å². The fourth-order valence-electron chi connectivity index (χ4n) is 3.71. The molecule has 1 aliphatic rings. The highest BCUT2D eigenvalue weighted by molar-refractivity contribution is 5.65. The number of benzene rings is 2. The predicted octanol–water partition coefficient (Wildman–Crippen LogP) is 4.30. The van der Waals surface area contributed by atoms with Gasteiger partial charge >= 0.3 is 6.09 Å². The molecule has 0 radical (unpaired) electrons. The van der Waals surface area contributed by atoms with Crippen molar-refractivity contribution < 1.29 is 20.1 Å². The topological polar surface area (TPSA) is 81.0 Å². The SMILES string of the molecule is O=C(O)N(Cc1ccccc1)C1CCC(c2ccc(O)cc2O)CC1. The Hall–Kier alpha value is -2.69. The monoisotopic (exact) mass is 341 g/mol. The summed E-state index contributed by atoms with van der Waals surface area (Å²) in [4.78, 5) is 13.2. The Kier molecular flexibility index (Phi) is 5.12. The highest BCUT2D eigenvalue weighted by Crippen LogP contribution is 2.39. The van der Waals surface area contributed by atoms with Gasteiger partial charge in [0, 0.05) is 18.7 Å². The van der Waals surface area contributed by atoms with E-state index in [1.807, 2.05) is 30.3 Å². The van der Waals surface area contributed by atoms with E-state index in [0.29, 0.717) is 6.54 Å². The van der Waals surface area contributed by atoms with Gasteiger partial charge in [-0.25, -0.2) is 4.79 Å². The van der Waals surface area contributed by atoms with Crippen LogP contribution in [0.4, 0.5) is 4.79 Å². The van der Waals surface area contributed by atoms with E-state index in [-0.39, 0.29) is 23.5 Å². The first-order valence-corrected chi connectivity index (χ1v) is 8.60. The first-order valence-electron chi connectivity index (χ1n) is 8.60. The lowest BCUT2D eigenvalue weighted by molar-refractivity contribution is 0.104. The molecule has 1 aliphatic carbocycles. The Labute approximate surface area is 147 Å². The summed E-state index contributed by atoms with van der Waals surface area (Å²) in [5.41, 5.74) is 1.82. The number of hydrogen-bond acceptors (Lipinski definition) is 3. The van der Waals surface area contributed by atoms with E-state index in [9.17, 15) is 20.1 Å². The third-order valence-corrected chi connectivity index (χ3v) is 5.03. The number of hydrogen-bond donors (Lipinski definition) is 3. The Bertz CT molecular complexity index is 724. The van der Waals surface area contributed by atoms with Crippen LogP contribution in [-0.4, -0.2) is 32.4 Å². The van der Waals surface area contributed by atoms with Gasteiger partial charge in [-0.2, -0.15) is 0 Å². The van der Waals surface area contributed by atoms with E-state index in [1.165, 1.54) is 11.0 Å². The smallest absolute Gasteiger partial charge is 0.407 e. The van der Waals surface area contributed by atoms with Gasteiger partial charge in [0.2, 0.25) is 0 Å². The molecule has 132 valence electrons. The number of carboxylic acid groups (broad SMARTS) is 1. The third-order valence-electron chi connectivity index (χ3n) is 5.03. The summed E-state index contributed by atoms with van der Waals surface area (Å²) in [5, 5.41) is 29.1. The number of carbonyl (C=O) groups is 1. The van der Waals surface area contributed by atoms with Crippen molar-refractivity contribution in [2.75, 3.05) is 0 Å². The zero-order valence-electron chi connectivity index (χ0n) is 14.0. The van der Waals surface area contributed by atoms with E-state index in [2.05, 4.69) is 0 Å². The summed E-state index contributed by atoms with van der Waals surface area (Å²) in [6, 6.07) is 14.3. The molecule has 2 aromatic carbocycles. The summed E-state index contributed by atoms with van der Waals surface area (Å²) in [7, 11) is 0. The second-order valence-corrected chi connectivity index (χ2v) is 6.64. The molecule has 0 aromatic heterocycles. The van der Waals surface area contributed by atoms with E-state index in [0.717, 1.165) is 36.8 Å². The van der Waals surface area contributed by atoms with Crippen LogP contribution in [0.1, 0.15) is 42.7 Å². The first kappa shape index (κ1) is 17.1. The van der Waals surface area contributed by atoms with E-state index in [4.69, 9.17) is 0 Å². The molecule has 0 heterocycles. The third kappa shape index (κ3) is 4.05. The molecular formula is C20H23NO4. The zero-order chi connectivity index (χ0) is 17.8. The number of nitrogens with zero attached hydrogens (tertiary/aromatic N) is 1. The van der Waals surface area contributed by atoms with Crippen molar-refractivity contribution in [3.05, 3.63) is 59.7 Å². The van der Waals surface area contributed by atoms with Crippen molar-refractivity contribution >= 4 is 6.09 Å². The van der Waals surface area contributed by atoms with Gasteiger partial charge in [0.25, 0.3) is 0 Å². The van der Waals surface area contributed by atoms with E-state index < -0.39 is 6.09 Å². The predicted molar refractivity (Wildman–Crippen MR) is 94.8 cm³/mol. The van der Waals surface area contributed by atoms with Gasteiger partial charge in [0.05, 0.1) is 0 Å². The first-order chi connectivity index (χ1) is 12.0. The maximum absolute atomic E-state index is 11.7. The number of amides is 1. The molecule has 2 aromatic rings. The van der Waals surface area contributed by atoms with Crippen LogP contribution in [0, 0.1) is 0 Å². The van der Waals surface area contributed by atoms with Crippen molar-refractivity contribution in [2.45, 2.75) is 44.2 Å². The summed E-state index contributed by atoms with van der Waals surface area (Å²) < 4.78 is 0. The van der Waals surface area contributed by atoms with Crippen LogP contribution in [0.2, 0.25) is 0 Å². The average Bonchev–Trinajstić information content (AvgIpc) is 2.61. The van der Waals surface area contributed by atoms with Gasteiger partial charge in [0.1, 0.15) is 11.5 Å². The van der Waals surface area contributed by atoms with E-state index >= 15 is 0 Å². The fraction of sp³-hybridized carbons (Fsp3) is 0.350. The molecule has 0 atom stereocenters. The Balaban J connectivity index is 1.66. The van der Waals surface area contributed by atoms with Gasteiger partial charge < -0.3 is 20.2 Å². The highest BCUT2D eigenvalue weighted by atomic mass is 16.4. The fourth-order valence-corrected chi connectivity index (χ4v) is 3.71. The Morgan fingerprint density at radius 1 is 1.00 bits per heavy atom. The lowest BCUT2D eigenvalue weighted by Crippen LogP contribution is -2.40. The largest absolute Gasteiger partial charge is 0.508 e. The summed E-state index contributed by atoms with van der Waals surface area (Å²) in [6.07, 6.45) is 2.29. The lowest BCUT2D eigenvalue weighted by Gasteiger charge is -2.35. The standard InChI is InChI=1S/C20H23NO4/c22-17-10-11-18(19(23)12-17)15-6-8-16(9-7-15)21(20(24)25)13-14-4-2-1-3-5-14/h1-5,10-12,15-16,22-23H,6-9,13H2,(H,24,25). The van der Waals surface area contributed by atoms with Gasteiger partial charge in [0.15, 0.2) is 0 Å². The Morgan fingerprint density at radius 2 is 1.68 bits per heavy atom. The van der Waals surface area contributed by atoms with Crippen LogP contribution in [-0.2, 0) is 6.54 Å². The molecule has 1 amide bonds. The number of phenolic OH excluding ortho intramolecular Hbond substituents is 2. The van der Waals surface area contributed by atoms with Gasteiger partial charge in [-0.05, 0) is 48.8 Å². The van der Waals surface area contributed by atoms with Gasteiger partial charge in [-0.15, -0.1) is 0 Å². The number of phenols is 2. The summed E-state index contributed by atoms with van der Waals surface area (Å²) in [6.45, 7) is 0.399.